The molecule has 1 aromatic rings. The number of piperazine rings is 1. The largest absolute Gasteiger partial charge is 0.384 e. The van der Waals surface area contributed by atoms with E-state index < -0.39 is 0 Å². The predicted molar refractivity (Wildman–Crippen MR) is 84.9 cm³/mol. The molecule has 0 radical (unpaired) electrons. The third-order valence-corrected chi connectivity index (χ3v) is 4.94. The van der Waals surface area contributed by atoms with Crippen molar-refractivity contribution in [2.75, 3.05) is 32.8 Å². The average molecular weight is 292 g/mol. The van der Waals surface area contributed by atoms with E-state index in [0.717, 1.165) is 24.5 Å². The Labute approximate surface area is 126 Å². The van der Waals surface area contributed by atoms with Gasteiger partial charge in [0.05, 0.1) is 4.88 Å². The minimum absolute atomic E-state index is 0.0647. The van der Waals surface area contributed by atoms with Crippen LogP contribution in [0.2, 0.25) is 0 Å². The van der Waals surface area contributed by atoms with Crippen LogP contribution in [0.25, 0.3) is 0 Å². The lowest BCUT2D eigenvalue weighted by Crippen LogP contribution is -2.48. The predicted octanol–water partition coefficient (Wildman–Crippen LogP) is 2.01. The molecule has 1 N–H and O–H groups in total. The molecule has 0 spiro atoms. The van der Waals surface area contributed by atoms with E-state index in [1.54, 1.807) is 11.3 Å². The van der Waals surface area contributed by atoms with Crippen molar-refractivity contribution in [3.05, 3.63) is 21.9 Å². The van der Waals surface area contributed by atoms with Gasteiger partial charge < -0.3 is 5.11 Å². The molecule has 0 aromatic carbocycles. The summed E-state index contributed by atoms with van der Waals surface area (Å²) in [7, 11) is 0. The van der Waals surface area contributed by atoms with E-state index in [2.05, 4.69) is 47.6 Å². The molecule has 1 unspecified atom stereocenters. The molecule has 1 saturated heterocycles. The lowest BCUT2D eigenvalue weighted by Gasteiger charge is -2.37. The van der Waals surface area contributed by atoms with E-state index in [1.165, 1.54) is 24.4 Å². The zero-order valence-corrected chi connectivity index (χ0v) is 13.2. The van der Waals surface area contributed by atoms with E-state index in [9.17, 15) is 0 Å². The summed E-state index contributed by atoms with van der Waals surface area (Å²) in [4.78, 5) is 7.52. The molecule has 2 heterocycles. The Balaban J connectivity index is 1.82. The van der Waals surface area contributed by atoms with Crippen molar-refractivity contribution in [1.29, 1.82) is 0 Å². The molecule has 1 fully saturated rings. The number of thiophene rings is 1. The maximum absolute atomic E-state index is 8.70. The van der Waals surface area contributed by atoms with Crippen LogP contribution in [0.1, 0.15) is 30.0 Å². The van der Waals surface area contributed by atoms with Gasteiger partial charge in [-0.3, -0.25) is 9.80 Å². The summed E-state index contributed by atoms with van der Waals surface area (Å²) in [6.07, 6.45) is 1.23. The minimum atomic E-state index is -0.0647. The van der Waals surface area contributed by atoms with E-state index in [0.29, 0.717) is 6.04 Å². The number of nitrogens with zero attached hydrogens (tertiary/aromatic N) is 2. The van der Waals surface area contributed by atoms with Gasteiger partial charge in [-0.25, -0.2) is 0 Å². The molecule has 2 rings (SSSR count). The molecule has 0 bridgehead atoms. The highest BCUT2D eigenvalue weighted by molar-refractivity contribution is 7.12. The molecule has 20 heavy (non-hydrogen) atoms. The van der Waals surface area contributed by atoms with Gasteiger partial charge in [0.1, 0.15) is 6.61 Å². The number of hydrogen-bond donors (Lipinski definition) is 1. The smallest absolute Gasteiger partial charge is 0.104 e. The Hall–Kier alpha value is -0.860. The quantitative estimate of drug-likeness (QED) is 0.860. The lowest BCUT2D eigenvalue weighted by atomic mass is 10.2. The second-order valence-corrected chi connectivity index (χ2v) is 6.46. The van der Waals surface area contributed by atoms with Gasteiger partial charge in [-0.2, -0.15) is 0 Å². The third kappa shape index (κ3) is 4.32. The molecule has 0 amide bonds. The third-order valence-electron chi connectivity index (χ3n) is 3.95. The van der Waals surface area contributed by atoms with Crippen molar-refractivity contribution >= 4 is 11.3 Å². The van der Waals surface area contributed by atoms with Gasteiger partial charge in [0.15, 0.2) is 0 Å². The standard InChI is InChI=1S/C16H24N2OS/c1-3-14(2)18-10-8-17(9-11-18)13-16-7-6-15(20-16)5-4-12-19/h6-7,14,19H,3,8-13H2,1-2H3. The van der Waals surface area contributed by atoms with Gasteiger partial charge >= 0.3 is 0 Å². The van der Waals surface area contributed by atoms with Crippen LogP contribution in [0.4, 0.5) is 0 Å². The van der Waals surface area contributed by atoms with E-state index in [4.69, 9.17) is 5.11 Å². The molecule has 1 aliphatic heterocycles. The summed E-state index contributed by atoms with van der Waals surface area (Å²) >= 11 is 1.74. The molecule has 3 nitrogen and oxygen atoms in total. The fourth-order valence-electron chi connectivity index (χ4n) is 2.50. The van der Waals surface area contributed by atoms with Crippen molar-refractivity contribution in [2.45, 2.75) is 32.9 Å². The fourth-order valence-corrected chi connectivity index (χ4v) is 3.42. The van der Waals surface area contributed by atoms with Crippen LogP contribution in [0.3, 0.4) is 0 Å². The summed E-state index contributed by atoms with van der Waals surface area (Å²) in [5.41, 5.74) is 0. The maximum Gasteiger partial charge on any atom is 0.104 e. The average Bonchev–Trinajstić information content (AvgIpc) is 2.92. The molecular formula is C16H24N2OS. The zero-order chi connectivity index (χ0) is 14.4. The van der Waals surface area contributed by atoms with Gasteiger partial charge in [0.25, 0.3) is 0 Å². The molecule has 1 aliphatic rings. The number of aliphatic hydroxyl groups is 1. The Bertz CT molecular complexity index is 466. The fraction of sp³-hybridized carbons (Fsp3) is 0.625. The zero-order valence-electron chi connectivity index (χ0n) is 12.4. The van der Waals surface area contributed by atoms with E-state index in [-0.39, 0.29) is 6.61 Å². The highest BCUT2D eigenvalue weighted by Gasteiger charge is 2.20. The molecular weight excluding hydrogens is 268 g/mol. The highest BCUT2D eigenvalue weighted by atomic mass is 32.1. The number of hydrogen-bond acceptors (Lipinski definition) is 4. The summed E-state index contributed by atoms with van der Waals surface area (Å²) in [5.74, 6) is 5.68. The second-order valence-electron chi connectivity index (χ2n) is 5.30. The van der Waals surface area contributed by atoms with Crippen LogP contribution in [0.15, 0.2) is 12.1 Å². The first kappa shape index (κ1) is 15.5. The van der Waals surface area contributed by atoms with Crippen molar-refractivity contribution in [3.63, 3.8) is 0 Å². The van der Waals surface area contributed by atoms with Crippen molar-refractivity contribution < 1.29 is 5.11 Å². The van der Waals surface area contributed by atoms with Crippen LogP contribution in [0.5, 0.6) is 0 Å². The monoisotopic (exact) mass is 292 g/mol. The van der Waals surface area contributed by atoms with Crippen molar-refractivity contribution in [2.24, 2.45) is 0 Å². The molecule has 0 aliphatic carbocycles. The van der Waals surface area contributed by atoms with Crippen molar-refractivity contribution in [1.82, 2.24) is 9.80 Å². The Morgan fingerprint density at radius 1 is 1.30 bits per heavy atom. The summed E-state index contributed by atoms with van der Waals surface area (Å²) < 4.78 is 0. The molecule has 0 saturated carbocycles. The van der Waals surface area contributed by atoms with Crippen LogP contribution >= 0.6 is 11.3 Å². The van der Waals surface area contributed by atoms with Crippen molar-refractivity contribution in [3.8, 4) is 11.8 Å². The topological polar surface area (TPSA) is 26.7 Å². The molecule has 1 aromatic heterocycles. The summed E-state index contributed by atoms with van der Waals surface area (Å²) in [6, 6.07) is 4.92. The summed E-state index contributed by atoms with van der Waals surface area (Å²) in [6.45, 7) is 10.2. The van der Waals surface area contributed by atoms with Gasteiger partial charge in [-0.05, 0) is 25.5 Å². The van der Waals surface area contributed by atoms with Gasteiger partial charge in [0, 0.05) is 43.6 Å². The highest BCUT2D eigenvalue weighted by Crippen LogP contribution is 2.19. The van der Waals surface area contributed by atoms with Crippen LogP contribution < -0.4 is 0 Å². The Morgan fingerprint density at radius 2 is 2.05 bits per heavy atom. The molecule has 110 valence electrons. The first-order chi connectivity index (χ1) is 9.72. The Morgan fingerprint density at radius 3 is 2.70 bits per heavy atom. The minimum Gasteiger partial charge on any atom is -0.384 e. The van der Waals surface area contributed by atoms with Gasteiger partial charge in [-0.1, -0.05) is 18.8 Å². The Kier molecular flexibility index (Phi) is 6.06. The first-order valence-electron chi connectivity index (χ1n) is 7.37. The SMILES string of the molecule is CCC(C)N1CCN(Cc2ccc(C#CCO)s2)CC1. The number of aliphatic hydroxyl groups excluding tert-OH is 1. The molecule has 4 heteroatoms. The van der Waals surface area contributed by atoms with Gasteiger partial charge in [0.2, 0.25) is 0 Å². The normalized spacial score (nSPS) is 18.6. The lowest BCUT2D eigenvalue weighted by molar-refractivity contribution is 0.0970. The maximum atomic E-state index is 8.70. The first-order valence-corrected chi connectivity index (χ1v) is 8.19. The second kappa shape index (κ2) is 7.80. The van der Waals surface area contributed by atoms with Gasteiger partial charge in [-0.15, -0.1) is 11.3 Å². The van der Waals surface area contributed by atoms with Crippen LogP contribution in [-0.4, -0.2) is 53.7 Å². The van der Waals surface area contributed by atoms with E-state index in [1.807, 2.05) is 0 Å². The summed E-state index contributed by atoms with van der Waals surface area (Å²) in [5, 5.41) is 8.70. The van der Waals surface area contributed by atoms with Crippen LogP contribution in [0, 0.1) is 11.8 Å². The molecule has 1 atom stereocenters. The van der Waals surface area contributed by atoms with E-state index >= 15 is 0 Å². The number of rotatable bonds is 4. The van der Waals surface area contributed by atoms with Crippen LogP contribution in [-0.2, 0) is 6.54 Å².